The normalized spacial score (nSPS) is 18.3. The fraction of sp³-hybridized carbons (Fsp3) is 0.462. The summed E-state index contributed by atoms with van der Waals surface area (Å²) in [5.74, 6) is -0.319. The molecule has 1 atom stereocenters. The van der Waals surface area contributed by atoms with Crippen LogP contribution in [0.5, 0.6) is 0 Å². The maximum atomic E-state index is 13.2. The Kier molecular flexibility index (Phi) is 4.54. The molecule has 0 aromatic heterocycles. The summed E-state index contributed by atoms with van der Waals surface area (Å²) < 4.78 is 13.2. The second kappa shape index (κ2) is 6.17. The zero-order valence-corrected chi connectivity index (χ0v) is 11.5. The molecule has 1 aromatic carbocycles. The molecule has 108 valence electrons. The first-order chi connectivity index (χ1) is 9.52. The number of likely N-dealkylation sites (tertiary alicyclic amines) is 1. The van der Waals surface area contributed by atoms with Gasteiger partial charge >= 0.3 is 0 Å². The number of amides is 1. The van der Waals surface area contributed by atoms with Crippen LogP contribution in [0.2, 0.25) is 0 Å². The van der Waals surface area contributed by atoms with E-state index in [1.165, 1.54) is 4.90 Å². The smallest absolute Gasteiger partial charge is 0.282 e. The molecule has 1 aliphatic heterocycles. The maximum Gasteiger partial charge on any atom is 0.282 e. The standard InChI is InChI=1S/C13H14ClFN2O3/c14-5-3-9-4-6-16(8-9)13(18)11-7-10(15)1-2-12(11)17(19)20/h1-2,7,9H,3-6,8H2. The quantitative estimate of drug-likeness (QED) is 0.488. The maximum absolute atomic E-state index is 13.2. The first-order valence-electron chi connectivity index (χ1n) is 6.32. The lowest BCUT2D eigenvalue weighted by Crippen LogP contribution is -2.29. The minimum atomic E-state index is -0.668. The van der Waals surface area contributed by atoms with Crippen molar-refractivity contribution in [2.45, 2.75) is 12.8 Å². The van der Waals surface area contributed by atoms with Crippen LogP contribution >= 0.6 is 11.6 Å². The highest BCUT2D eigenvalue weighted by molar-refractivity contribution is 6.17. The fourth-order valence-electron chi connectivity index (χ4n) is 2.42. The van der Waals surface area contributed by atoms with E-state index in [1.807, 2.05) is 0 Å². The molecule has 0 saturated carbocycles. The molecule has 1 amide bonds. The highest BCUT2D eigenvalue weighted by Crippen LogP contribution is 2.26. The number of hydrogen-bond donors (Lipinski definition) is 0. The van der Waals surface area contributed by atoms with Gasteiger partial charge < -0.3 is 4.90 Å². The summed E-state index contributed by atoms with van der Waals surface area (Å²) in [4.78, 5) is 24.1. The Bertz CT molecular complexity index is 538. The Balaban J connectivity index is 2.21. The number of hydrogen-bond acceptors (Lipinski definition) is 3. The van der Waals surface area contributed by atoms with E-state index in [2.05, 4.69) is 0 Å². The molecule has 1 unspecified atom stereocenters. The van der Waals surface area contributed by atoms with Crippen LogP contribution in [-0.4, -0.2) is 34.7 Å². The van der Waals surface area contributed by atoms with Gasteiger partial charge in [-0.2, -0.15) is 0 Å². The van der Waals surface area contributed by atoms with Gasteiger partial charge in [-0.1, -0.05) is 0 Å². The Morgan fingerprint density at radius 1 is 1.55 bits per heavy atom. The number of halogens is 2. The first kappa shape index (κ1) is 14.7. The molecule has 7 heteroatoms. The number of nitrogens with zero attached hydrogens (tertiary/aromatic N) is 2. The van der Waals surface area contributed by atoms with E-state index < -0.39 is 16.6 Å². The third-order valence-corrected chi connectivity index (χ3v) is 3.69. The zero-order chi connectivity index (χ0) is 14.7. The fourth-order valence-corrected chi connectivity index (χ4v) is 2.72. The third kappa shape index (κ3) is 3.07. The van der Waals surface area contributed by atoms with Crippen molar-refractivity contribution in [1.82, 2.24) is 4.90 Å². The van der Waals surface area contributed by atoms with Crippen LogP contribution in [0.3, 0.4) is 0 Å². The molecular formula is C13H14ClFN2O3. The average Bonchev–Trinajstić information content (AvgIpc) is 2.86. The minimum Gasteiger partial charge on any atom is -0.338 e. The van der Waals surface area contributed by atoms with Gasteiger partial charge in [0, 0.05) is 25.0 Å². The molecule has 0 N–H and O–H groups in total. The van der Waals surface area contributed by atoms with Gasteiger partial charge in [0.2, 0.25) is 0 Å². The van der Waals surface area contributed by atoms with Crippen molar-refractivity contribution in [3.63, 3.8) is 0 Å². The van der Waals surface area contributed by atoms with Gasteiger partial charge in [0.25, 0.3) is 11.6 Å². The predicted octanol–water partition coefficient (Wildman–Crippen LogP) is 2.82. The van der Waals surface area contributed by atoms with E-state index >= 15 is 0 Å². The number of rotatable bonds is 4. The van der Waals surface area contributed by atoms with Gasteiger partial charge in [-0.15, -0.1) is 11.6 Å². The molecule has 1 fully saturated rings. The number of benzene rings is 1. The molecule has 0 spiro atoms. The summed E-state index contributed by atoms with van der Waals surface area (Å²) in [6.07, 6.45) is 1.62. The molecule has 5 nitrogen and oxygen atoms in total. The van der Waals surface area contributed by atoms with Crippen LogP contribution < -0.4 is 0 Å². The predicted molar refractivity (Wildman–Crippen MR) is 72.4 cm³/mol. The van der Waals surface area contributed by atoms with Crippen molar-refractivity contribution in [3.05, 3.63) is 39.7 Å². The van der Waals surface area contributed by atoms with E-state index in [-0.39, 0.29) is 11.3 Å². The van der Waals surface area contributed by atoms with Crippen LogP contribution in [0.15, 0.2) is 18.2 Å². The molecule has 1 saturated heterocycles. The molecule has 2 rings (SSSR count). The van der Waals surface area contributed by atoms with E-state index in [1.54, 1.807) is 0 Å². The number of alkyl halides is 1. The number of carbonyl (C=O) groups excluding carboxylic acids is 1. The van der Waals surface area contributed by atoms with E-state index in [4.69, 9.17) is 11.6 Å². The minimum absolute atomic E-state index is 0.193. The largest absolute Gasteiger partial charge is 0.338 e. The molecule has 1 heterocycles. The van der Waals surface area contributed by atoms with Crippen LogP contribution in [0, 0.1) is 21.8 Å². The summed E-state index contributed by atoms with van der Waals surface area (Å²) in [6, 6.07) is 2.93. The Labute approximate surface area is 120 Å². The Morgan fingerprint density at radius 2 is 2.30 bits per heavy atom. The van der Waals surface area contributed by atoms with Crippen molar-refractivity contribution < 1.29 is 14.1 Å². The number of nitro groups is 1. The van der Waals surface area contributed by atoms with E-state index in [0.717, 1.165) is 31.0 Å². The van der Waals surface area contributed by atoms with E-state index in [0.29, 0.717) is 24.9 Å². The molecule has 0 radical (unpaired) electrons. The highest BCUT2D eigenvalue weighted by atomic mass is 35.5. The zero-order valence-electron chi connectivity index (χ0n) is 10.7. The van der Waals surface area contributed by atoms with Gasteiger partial charge in [-0.05, 0) is 30.9 Å². The lowest BCUT2D eigenvalue weighted by Gasteiger charge is -2.16. The summed E-state index contributed by atoms with van der Waals surface area (Å²) >= 11 is 5.67. The Hall–Kier alpha value is -1.69. The molecular weight excluding hydrogens is 287 g/mol. The number of carbonyl (C=O) groups is 1. The molecule has 0 aliphatic carbocycles. The van der Waals surface area contributed by atoms with Crippen molar-refractivity contribution >= 4 is 23.2 Å². The summed E-state index contributed by atoms with van der Waals surface area (Å²) in [7, 11) is 0. The second-order valence-electron chi connectivity index (χ2n) is 4.80. The first-order valence-corrected chi connectivity index (χ1v) is 6.85. The van der Waals surface area contributed by atoms with Gasteiger partial charge in [0.15, 0.2) is 0 Å². The molecule has 1 aromatic rings. The summed E-state index contributed by atoms with van der Waals surface area (Å²) in [6.45, 7) is 1.03. The van der Waals surface area contributed by atoms with Crippen molar-refractivity contribution in [2.75, 3.05) is 19.0 Å². The average molecular weight is 301 g/mol. The van der Waals surface area contributed by atoms with Crippen LogP contribution in [-0.2, 0) is 0 Å². The van der Waals surface area contributed by atoms with Crippen LogP contribution in [0.25, 0.3) is 0 Å². The summed E-state index contributed by atoms with van der Waals surface area (Å²) in [5.41, 5.74) is -0.557. The monoisotopic (exact) mass is 300 g/mol. The topological polar surface area (TPSA) is 63.4 Å². The van der Waals surface area contributed by atoms with Crippen LogP contribution in [0.1, 0.15) is 23.2 Å². The third-order valence-electron chi connectivity index (χ3n) is 3.48. The van der Waals surface area contributed by atoms with Gasteiger partial charge in [0.05, 0.1) is 4.92 Å². The van der Waals surface area contributed by atoms with E-state index in [9.17, 15) is 19.3 Å². The van der Waals surface area contributed by atoms with Gasteiger partial charge in [-0.3, -0.25) is 14.9 Å². The molecule has 1 aliphatic rings. The summed E-state index contributed by atoms with van der Waals surface area (Å²) in [5, 5.41) is 10.9. The lowest BCUT2D eigenvalue weighted by atomic mass is 10.1. The lowest BCUT2D eigenvalue weighted by molar-refractivity contribution is -0.385. The second-order valence-corrected chi connectivity index (χ2v) is 5.18. The van der Waals surface area contributed by atoms with Crippen molar-refractivity contribution in [2.24, 2.45) is 5.92 Å². The van der Waals surface area contributed by atoms with Crippen LogP contribution in [0.4, 0.5) is 10.1 Å². The van der Waals surface area contributed by atoms with Gasteiger partial charge in [0.1, 0.15) is 11.4 Å². The Morgan fingerprint density at radius 3 is 2.95 bits per heavy atom. The SMILES string of the molecule is O=C(c1cc(F)ccc1[N+](=O)[O-])N1CCC(CCCl)C1. The number of nitro benzene ring substituents is 1. The van der Waals surface area contributed by atoms with Crippen molar-refractivity contribution in [1.29, 1.82) is 0 Å². The van der Waals surface area contributed by atoms with Crippen molar-refractivity contribution in [3.8, 4) is 0 Å². The molecule has 20 heavy (non-hydrogen) atoms. The van der Waals surface area contributed by atoms with Gasteiger partial charge in [-0.25, -0.2) is 4.39 Å². The molecule has 0 bridgehead atoms. The highest BCUT2D eigenvalue weighted by Gasteiger charge is 2.30.